The van der Waals surface area contributed by atoms with Gasteiger partial charge in [0, 0.05) is 18.0 Å². The predicted octanol–water partition coefficient (Wildman–Crippen LogP) is 3.45. The second-order valence-corrected chi connectivity index (χ2v) is 6.12. The molecule has 0 aromatic heterocycles. The summed E-state index contributed by atoms with van der Waals surface area (Å²) >= 11 is 0. The van der Waals surface area contributed by atoms with E-state index >= 15 is 0 Å². The molecule has 112 valence electrons. The van der Waals surface area contributed by atoms with E-state index in [4.69, 9.17) is 5.73 Å². The summed E-state index contributed by atoms with van der Waals surface area (Å²) in [6.45, 7) is 2.03. The van der Waals surface area contributed by atoms with E-state index < -0.39 is 12.6 Å². The van der Waals surface area contributed by atoms with Crippen LogP contribution in [0.3, 0.4) is 0 Å². The van der Waals surface area contributed by atoms with Crippen LogP contribution in [0.5, 0.6) is 0 Å². The molecule has 19 heavy (non-hydrogen) atoms. The maximum Gasteiger partial charge on any atom is 0.389 e. The molecule has 0 radical (unpaired) electrons. The largest absolute Gasteiger partial charge is 0.389 e. The number of hydrogen-bond donors (Lipinski definition) is 1. The van der Waals surface area contributed by atoms with Gasteiger partial charge in [-0.25, -0.2) is 0 Å². The van der Waals surface area contributed by atoms with Crippen LogP contribution in [0.1, 0.15) is 57.8 Å². The van der Waals surface area contributed by atoms with Gasteiger partial charge in [-0.05, 0) is 45.2 Å². The van der Waals surface area contributed by atoms with Gasteiger partial charge in [0.25, 0.3) is 0 Å². The first-order valence-electron chi connectivity index (χ1n) is 7.51. The van der Waals surface area contributed by atoms with E-state index in [0.717, 1.165) is 51.6 Å². The van der Waals surface area contributed by atoms with Crippen molar-refractivity contribution in [2.24, 2.45) is 5.73 Å². The smallest absolute Gasteiger partial charge is 0.326 e. The van der Waals surface area contributed by atoms with Crippen LogP contribution in [0.15, 0.2) is 0 Å². The van der Waals surface area contributed by atoms with Gasteiger partial charge in [0.05, 0.1) is 0 Å². The third-order valence-corrected chi connectivity index (χ3v) is 4.88. The minimum Gasteiger partial charge on any atom is -0.326 e. The molecule has 2 aliphatic rings. The molecule has 1 heterocycles. The Hall–Kier alpha value is -0.290. The number of alkyl halides is 3. The van der Waals surface area contributed by atoms with Gasteiger partial charge in [-0.2, -0.15) is 13.2 Å². The fourth-order valence-corrected chi connectivity index (χ4v) is 3.84. The first kappa shape index (κ1) is 15.1. The third kappa shape index (κ3) is 3.63. The summed E-state index contributed by atoms with van der Waals surface area (Å²) in [7, 11) is 0. The Labute approximate surface area is 113 Å². The molecule has 1 aliphatic heterocycles. The van der Waals surface area contributed by atoms with Crippen LogP contribution in [0.4, 0.5) is 13.2 Å². The van der Waals surface area contributed by atoms with Crippen molar-refractivity contribution in [3.05, 3.63) is 0 Å². The van der Waals surface area contributed by atoms with Gasteiger partial charge in [0.2, 0.25) is 0 Å². The summed E-state index contributed by atoms with van der Waals surface area (Å²) in [5.41, 5.74) is 6.06. The maximum absolute atomic E-state index is 12.4. The molecule has 0 amide bonds. The molecular formula is C14H25F3N2. The highest BCUT2D eigenvalue weighted by Crippen LogP contribution is 2.41. The molecule has 2 nitrogen and oxygen atoms in total. The van der Waals surface area contributed by atoms with Gasteiger partial charge in [0.1, 0.15) is 0 Å². The molecule has 1 saturated carbocycles. The third-order valence-electron chi connectivity index (χ3n) is 4.88. The van der Waals surface area contributed by atoms with E-state index in [1.165, 1.54) is 6.42 Å². The van der Waals surface area contributed by atoms with Crippen molar-refractivity contribution >= 4 is 0 Å². The standard InChI is InChI=1S/C14H25F3N2/c15-14(16,17)9-6-12(18)13(7-2-3-8-13)19-10-4-1-5-11-19/h12H,1-11,18H2. The van der Waals surface area contributed by atoms with Gasteiger partial charge < -0.3 is 5.73 Å². The number of likely N-dealkylation sites (tertiary alicyclic amines) is 1. The molecule has 1 saturated heterocycles. The summed E-state index contributed by atoms with van der Waals surface area (Å²) in [5, 5.41) is 0. The van der Waals surface area contributed by atoms with Crippen LogP contribution in [-0.2, 0) is 0 Å². The average Bonchev–Trinajstić information content (AvgIpc) is 2.87. The zero-order chi connectivity index (χ0) is 13.9. The van der Waals surface area contributed by atoms with Crippen LogP contribution < -0.4 is 5.73 Å². The van der Waals surface area contributed by atoms with Gasteiger partial charge in [-0.3, -0.25) is 4.90 Å². The molecule has 5 heteroatoms. The van der Waals surface area contributed by atoms with Crippen molar-refractivity contribution in [3.8, 4) is 0 Å². The van der Waals surface area contributed by atoms with E-state index in [1.54, 1.807) is 0 Å². The first-order valence-corrected chi connectivity index (χ1v) is 7.51. The normalized spacial score (nSPS) is 26.5. The Morgan fingerprint density at radius 3 is 2.11 bits per heavy atom. The SMILES string of the molecule is NC(CCC(F)(F)F)C1(N2CCCCC2)CCCC1. The summed E-state index contributed by atoms with van der Waals surface area (Å²) in [5.74, 6) is 0. The van der Waals surface area contributed by atoms with E-state index in [0.29, 0.717) is 0 Å². The quantitative estimate of drug-likeness (QED) is 0.853. The van der Waals surface area contributed by atoms with Crippen molar-refractivity contribution in [1.82, 2.24) is 4.90 Å². The fourth-order valence-electron chi connectivity index (χ4n) is 3.84. The number of piperidine rings is 1. The lowest BCUT2D eigenvalue weighted by atomic mass is 9.82. The second-order valence-electron chi connectivity index (χ2n) is 6.12. The van der Waals surface area contributed by atoms with E-state index in [-0.39, 0.29) is 18.0 Å². The molecular weight excluding hydrogens is 253 g/mol. The number of halogens is 3. The number of hydrogen-bond acceptors (Lipinski definition) is 2. The summed E-state index contributed by atoms with van der Waals surface area (Å²) in [6, 6.07) is -0.338. The lowest BCUT2D eigenvalue weighted by Gasteiger charge is -2.47. The Balaban J connectivity index is 2.01. The van der Waals surface area contributed by atoms with Gasteiger partial charge >= 0.3 is 6.18 Å². The molecule has 0 aromatic rings. The minimum atomic E-state index is -4.08. The predicted molar refractivity (Wildman–Crippen MR) is 69.9 cm³/mol. The van der Waals surface area contributed by atoms with E-state index in [2.05, 4.69) is 4.90 Å². The molecule has 1 unspecified atom stereocenters. The van der Waals surface area contributed by atoms with Crippen molar-refractivity contribution in [3.63, 3.8) is 0 Å². The van der Waals surface area contributed by atoms with Crippen LogP contribution in [0.2, 0.25) is 0 Å². The molecule has 2 N–H and O–H groups in total. The zero-order valence-corrected chi connectivity index (χ0v) is 11.5. The Kier molecular flexibility index (Phi) is 4.77. The van der Waals surface area contributed by atoms with Crippen LogP contribution >= 0.6 is 0 Å². The average molecular weight is 278 g/mol. The highest BCUT2D eigenvalue weighted by molar-refractivity contribution is 5.03. The van der Waals surface area contributed by atoms with E-state index in [9.17, 15) is 13.2 Å². The highest BCUT2D eigenvalue weighted by atomic mass is 19.4. The number of nitrogens with two attached hydrogens (primary N) is 1. The Bertz CT molecular complexity index is 279. The molecule has 2 fully saturated rings. The van der Waals surface area contributed by atoms with Gasteiger partial charge in [-0.1, -0.05) is 19.3 Å². The van der Waals surface area contributed by atoms with Crippen molar-refractivity contribution in [1.29, 1.82) is 0 Å². The molecule has 1 atom stereocenters. The summed E-state index contributed by atoms with van der Waals surface area (Å²) < 4.78 is 37.2. The molecule has 0 aromatic carbocycles. The second kappa shape index (κ2) is 6.00. The molecule has 0 spiro atoms. The van der Waals surface area contributed by atoms with Gasteiger partial charge in [0.15, 0.2) is 0 Å². The molecule has 1 aliphatic carbocycles. The van der Waals surface area contributed by atoms with Crippen LogP contribution in [-0.4, -0.2) is 35.7 Å². The summed E-state index contributed by atoms with van der Waals surface area (Å²) in [4.78, 5) is 2.41. The number of nitrogens with zero attached hydrogens (tertiary/aromatic N) is 1. The van der Waals surface area contributed by atoms with Crippen molar-refractivity contribution in [2.75, 3.05) is 13.1 Å². The zero-order valence-electron chi connectivity index (χ0n) is 11.5. The van der Waals surface area contributed by atoms with Crippen LogP contribution in [0.25, 0.3) is 0 Å². The molecule has 0 bridgehead atoms. The lowest BCUT2D eigenvalue weighted by molar-refractivity contribution is -0.138. The Morgan fingerprint density at radius 2 is 1.58 bits per heavy atom. The summed E-state index contributed by atoms with van der Waals surface area (Å²) in [6.07, 6.45) is 2.97. The number of rotatable bonds is 4. The van der Waals surface area contributed by atoms with Crippen molar-refractivity contribution < 1.29 is 13.2 Å². The highest BCUT2D eigenvalue weighted by Gasteiger charge is 2.45. The van der Waals surface area contributed by atoms with Gasteiger partial charge in [-0.15, -0.1) is 0 Å². The first-order chi connectivity index (χ1) is 8.94. The Morgan fingerprint density at radius 1 is 1.00 bits per heavy atom. The maximum atomic E-state index is 12.4. The van der Waals surface area contributed by atoms with Crippen LogP contribution in [0, 0.1) is 0 Å². The minimum absolute atomic E-state index is 0.0694. The fraction of sp³-hybridized carbons (Fsp3) is 1.00. The van der Waals surface area contributed by atoms with Crippen molar-refractivity contribution in [2.45, 2.75) is 75.5 Å². The van der Waals surface area contributed by atoms with E-state index in [1.807, 2.05) is 0 Å². The molecule has 2 rings (SSSR count). The lowest BCUT2D eigenvalue weighted by Crippen LogP contribution is -2.59. The monoisotopic (exact) mass is 278 g/mol. The topological polar surface area (TPSA) is 29.3 Å².